The topological polar surface area (TPSA) is 126 Å². The Bertz CT molecular complexity index is 1260. The van der Waals surface area contributed by atoms with E-state index in [1.54, 1.807) is 54.6 Å². The average Bonchev–Trinajstić information content (AvgIpc) is 2.82. The molecule has 0 bridgehead atoms. The maximum atomic E-state index is 12.7. The zero-order valence-electron chi connectivity index (χ0n) is 17.4. The molecule has 0 saturated carbocycles. The largest absolute Gasteiger partial charge is 0.479 e. The fourth-order valence-electron chi connectivity index (χ4n) is 2.95. The summed E-state index contributed by atoms with van der Waals surface area (Å²) in [6.45, 7) is 2.24. The minimum Gasteiger partial charge on any atom is -0.479 e. The summed E-state index contributed by atoms with van der Waals surface area (Å²) in [7, 11) is 0. The van der Waals surface area contributed by atoms with Gasteiger partial charge in [-0.3, -0.25) is 25.2 Å². The summed E-state index contributed by atoms with van der Waals surface area (Å²) < 4.78 is 6.42. The predicted octanol–water partition coefficient (Wildman–Crippen LogP) is 2.18. The summed E-state index contributed by atoms with van der Waals surface area (Å²) >= 11 is 0. The summed E-state index contributed by atoms with van der Waals surface area (Å²) in [6, 6.07) is 15.4. The normalized spacial score (nSPS) is 10.6. The Kier molecular flexibility index (Phi) is 7.33. The molecule has 0 spiro atoms. The lowest BCUT2D eigenvalue weighted by Gasteiger charge is -2.10. The van der Waals surface area contributed by atoms with Crippen molar-refractivity contribution in [2.75, 3.05) is 6.61 Å². The molecule has 0 aliphatic rings. The summed E-state index contributed by atoms with van der Waals surface area (Å²) in [6.07, 6.45) is 3.50. The third-order valence-electron chi connectivity index (χ3n) is 4.43. The number of amides is 2. The molecule has 2 aromatic carbocycles. The molecule has 0 saturated heterocycles. The molecule has 32 heavy (non-hydrogen) atoms. The van der Waals surface area contributed by atoms with Gasteiger partial charge in [-0.1, -0.05) is 37.3 Å². The van der Waals surface area contributed by atoms with Crippen LogP contribution in [0.15, 0.2) is 59.4 Å². The molecule has 0 aliphatic heterocycles. The van der Waals surface area contributed by atoms with Gasteiger partial charge in [0.1, 0.15) is 11.8 Å². The van der Waals surface area contributed by atoms with Gasteiger partial charge in [0.2, 0.25) is 0 Å². The highest BCUT2D eigenvalue weighted by molar-refractivity contribution is 6.05. The van der Waals surface area contributed by atoms with E-state index in [4.69, 9.17) is 10.00 Å². The van der Waals surface area contributed by atoms with Crippen LogP contribution in [0.5, 0.6) is 5.75 Å². The lowest BCUT2D eigenvalue weighted by atomic mass is 10.1. The van der Waals surface area contributed by atoms with E-state index in [-0.39, 0.29) is 17.9 Å². The van der Waals surface area contributed by atoms with Gasteiger partial charge in [0.25, 0.3) is 17.4 Å². The van der Waals surface area contributed by atoms with Gasteiger partial charge >= 0.3 is 0 Å². The molecule has 3 aromatic rings. The first-order valence-electron chi connectivity index (χ1n) is 9.91. The first-order chi connectivity index (χ1) is 15.5. The number of hydrazine groups is 1. The second-order valence-electron chi connectivity index (χ2n) is 6.72. The predicted molar refractivity (Wildman–Crippen MR) is 118 cm³/mol. The fraction of sp³-hybridized carbons (Fsp3) is 0.174. The number of aromatic nitrogens is 2. The van der Waals surface area contributed by atoms with Gasteiger partial charge in [-0.25, -0.2) is 4.68 Å². The van der Waals surface area contributed by atoms with Crippen molar-refractivity contribution in [2.45, 2.75) is 19.9 Å². The highest BCUT2D eigenvalue weighted by atomic mass is 16.5. The molecule has 2 amide bonds. The van der Waals surface area contributed by atoms with Crippen molar-refractivity contribution in [1.29, 1.82) is 5.26 Å². The summed E-state index contributed by atoms with van der Waals surface area (Å²) in [4.78, 5) is 37.3. The number of ether oxygens (including phenoxy) is 1. The highest BCUT2D eigenvalue weighted by Crippen LogP contribution is 2.14. The summed E-state index contributed by atoms with van der Waals surface area (Å²) in [5.74, 6) is -0.634. The number of carbonyl (C=O) groups excluding carboxylic acids is 2. The summed E-state index contributed by atoms with van der Waals surface area (Å²) in [5, 5.41) is 13.5. The zero-order chi connectivity index (χ0) is 22.9. The molecule has 2 N–H and O–H groups in total. The van der Waals surface area contributed by atoms with E-state index in [1.807, 2.05) is 13.0 Å². The van der Waals surface area contributed by atoms with Gasteiger partial charge in [-0.15, -0.1) is 0 Å². The van der Waals surface area contributed by atoms with Crippen LogP contribution in [-0.2, 0) is 11.3 Å². The molecule has 0 radical (unpaired) electrons. The molecule has 0 atom stereocenters. The quantitative estimate of drug-likeness (QED) is 0.436. The monoisotopic (exact) mass is 431 g/mol. The van der Waals surface area contributed by atoms with Gasteiger partial charge in [-0.2, -0.15) is 10.4 Å². The van der Waals surface area contributed by atoms with Crippen molar-refractivity contribution in [3.8, 4) is 11.8 Å². The number of nitrogens with one attached hydrogen (secondary N) is 2. The lowest BCUT2D eigenvalue weighted by Crippen LogP contribution is -2.42. The van der Waals surface area contributed by atoms with Gasteiger partial charge in [0.05, 0.1) is 5.39 Å². The van der Waals surface area contributed by atoms with Gasteiger partial charge < -0.3 is 4.74 Å². The molecule has 0 fully saturated rings. The van der Waals surface area contributed by atoms with Crippen LogP contribution in [0.4, 0.5) is 0 Å². The Labute approximate surface area is 183 Å². The molecule has 1 heterocycles. The van der Waals surface area contributed by atoms with Crippen LogP contribution in [0.3, 0.4) is 0 Å². The van der Waals surface area contributed by atoms with Crippen molar-refractivity contribution >= 4 is 28.7 Å². The average molecular weight is 431 g/mol. The van der Waals surface area contributed by atoms with Crippen LogP contribution in [0.25, 0.3) is 16.8 Å². The number of carbonyl (C=O) groups is 2. The van der Waals surface area contributed by atoms with Crippen LogP contribution in [-0.4, -0.2) is 28.2 Å². The minimum atomic E-state index is -0.633. The van der Waals surface area contributed by atoms with E-state index < -0.39 is 11.8 Å². The first-order valence-corrected chi connectivity index (χ1v) is 9.91. The Balaban J connectivity index is 1.68. The van der Waals surface area contributed by atoms with E-state index >= 15 is 0 Å². The van der Waals surface area contributed by atoms with E-state index in [0.29, 0.717) is 29.5 Å². The molecule has 0 aliphatic carbocycles. The lowest BCUT2D eigenvalue weighted by molar-refractivity contribution is -0.117. The molecular weight excluding hydrogens is 410 g/mol. The van der Waals surface area contributed by atoms with Crippen molar-refractivity contribution in [3.05, 3.63) is 76.2 Å². The standard InChI is InChI=1S/C23H21N5O4/c1-2-14-28-23(31)19-6-4-3-5-18(19)21(27-28)22(30)26-25-20(29)12-9-16-7-10-17(11-8-16)32-15-13-24/h3-12H,2,14-15H2,1H3,(H,25,29)(H,26,30)/b12-9+. The fourth-order valence-corrected chi connectivity index (χ4v) is 2.95. The highest BCUT2D eigenvalue weighted by Gasteiger charge is 2.16. The third kappa shape index (κ3) is 5.37. The van der Waals surface area contributed by atoms with Gasteiger partial charge in [0.15, 0.2) is 12.3 Å². The van der Waals surface area contributed by atoms with Crippen molar-refractivity contribution in [1.82, 2.24) is 20.6 Å². The molecule has 3 rings (SSSR count). The molecule has 9 heteroatoms. The number of benzene rings is 2. The van der Waals surface area contributed by atoms with Crippen LogP contribution >= 0.6 is 0 Å². The second-order valence-corrected chi connectivity index (χ2v) is 6.72. The Morgan fingerprint density at radius 3 is 2.53 bits per heavy atom. The smallest absolute Gasteiger partial charge is 0.290 e. The Morgan fingerprint density at radius 2 is 1.84 bits per heavy atom. The van der Waals surface area contributed by atoms with E-state index in [9.17, 15) is 14.4 Å². The number of aryl methyl sites for hydroxylation is 1. The molecule has 162 valence electrons. The van der Waals surface area contributed by atoms with E-state index in [1.165, 1.54) is 10.8 Å². The zero-order valence-corrected chi connectivity index (χ0v) is 17.4. The van der Waals surface area contributed by atoms with Crippen LogP contribution in [0, 0.1) is 11.3 Å². The molecule has 9 nitrogen and oxygen atoms in total. The SMILES string of the molecule is CCCn1nc(C(=O)NNC(=O)/C=C/c2ccc(OCC#N)cc2)c2ccccc2c1=O. The van der Waals surface area contributed by atoms with Crippen LogP contribution < -0.4 is 21.1 Å². The minimum absolute atomic E-state index is 0.0442. The maximum Gasteiger partial charge on any atom is 0.290 e. The molecular formula is C23H21N5O4. The second kappa shape index (κ2) is 10.5. The number of fused-ring (bicyclic) bond motifs is 1. The number of rotatable bonds is 7. The van der Waals surface area contributed by atoms with E-state index in [0.717, 1.165) is 5.56 Å². The van der Waals surface area contributed by atoms with Crippen molar-refractivity contribution in [3.63, 3.8) is 0 Å². The Hall–Kier alpha value is -4.45. The van der Waals surface area contributed by atoms with Crippen molar-refractivity contribution < 1.29 is 14.3 Å². The summed E-state index contributed by atoms with van der Waals surface area (Å²) in [5.41, 5.74) is 5.15. The third-order valence-corrected chi connectivity index (χ3v) is 4.43. The number of nitrogens with zero attached hydrogens (tertiary/aromatic N) is 3. The first kappa shape index (κ1) is 22.2. The number of hydrogen-bond acceptors (Lipinski definition) is 6. The van der Waals surface area contributed by atoms with Crippen LogP contribution in [0.1, 0.15) is 29.4 Å². The number of hydrogen-bond donors (Lipinski definition) is 2. The van der Waals surface area contributed by atoms with Gasteiger partial charge in [-0.05, 0) is 36.3 Å². The molecule has 1 aromatic heterocycles. The van der Waals surface area contributed by atoms with Gasteiger partial charge in [0, 0.05) is 18.0 Å². The van der Waals surface area contributed by atoms with E-state index in [2.05, 4.69) is 16.0 Å². The maximum absolute atomic E-state index is 12.7. The van der Waals surface area contributed by atoms with Crippen molar-refractivity contribution in [2.24, 2.45) is 0 Å². The number of nitriles is 1. The Morgan fingerprint density at radius 1 is 1.12 bits per heavy atom. The molecule has 0 unspecified atom stereocenters. The van der Waals surface area contributed by atoms with Crippen LogP contribution in [0.2, 0.25) is 0 Å².